The zero-order valence-electron chi connectivity index (χ0n) is 14.3. The molecule has 2 aromatic rings. The average Bonchev–Trinajstić information content (AvgIpc) is 3.09. The van der Waals surface area contributed by atoms with Gasteiger partial charge in [0.2, 0.25) is 5.91 Å². The number of aromatic nitrogens is 1. The summed E-state index contributed by atoms with van der Waals surface area (Å²) >= 11 is 0. The van der Waals surface area contributed by atoms with Crippen molar-refractivity contribution in [3.63, 3.8) is 0 Å². The van der Waals surface area contributed by atoms with Gasteiger partial charge in [-0.05, 0) is 19.3 Å². The average molecular weight is 366 g/mol. The molecule has 7 heteroatoms. The van der Waals surface area contributed by atoms with Crippen molar-refractivity contribution in [3.05, 3.63) is 42.4 Å². The highest BCUT2D eigenvalue weighted by molar-refractivity contribution is 5.76. The molecule has 140 valence electrons. The number of nitrogens with one attached hydrogen (secondary N) is 1. The number of oxazole rings is 1. The maximum Gasteiger partial charge on any atom is 0.391 e. The molecular weight excluding hydrogens is 345 g/mol. The minimum absolute atomic E-state index is 0.0353. The van der Waals surface area contributed by atoms with Crippen molar-refractivity contribution in [1.29, 1.82) is 0 Å². The molecule has 0 saturated heterocycles. The molecule has 1 amide bonds. The number of hydrogen-bond donors (Lipinski definition) is 1. The van der Waals surface area contributed by atoms with Crippen LogP contribution < -0.4 is 5.32 Å². The van der Waals surface area contributed by atoms with Crippen molar-refractivity contribution in [2.45, 2.75) is 50.7 Å². The zero-order valence-corrected chi connectivity index (χ0v) is 14.3. The fourth-order valence-corrected chi connectivity index (χ4v) is 3.30. The Balaban J connectivity index is 1.48. The van der Waals surface area contributed by atoms with E-state index in [1.165, 1.54) is 0 Å². The van der Waals surface area contributed by atoms with Gasteiger partial charge in [-0.1, -0.05) is 36.8 Å². The standard InChI is InChI=1S/C19H21F3N2O2/c20-19(21,22)14-7-4-8-15(11-14)24-17(25)9-10-18-23-12-16(26-18)13-5-2-1-3-6-13/h1-3,5-6,12,14-15H,4,7-11H2,(H,24,25)/t14-,15-/m1/s1. The second-order valence-corrected chi connectivity index (χ2v) is 6.65. The Morgan fingerprint density at radius 1 is 1.23 bits per heavy atom. The number of hydrogen-bond acceptors (Lipinski definition) is 3. The fraction of sp³-hybridized carbons (Fsp3) is 0.474. The lowest BCUT2D eigenvalue weighted by atomic mass is 9.85. The Hall–Kier alpha value is -2.31. The van der Waals surface area contributed by atoms with Crippen molar-refractivity contribution in [3.8, 4) is 11.3 Å². The van der Waals surface area contributed by atoms with Gasteiger partial charge in [-0.2, -0.15) is 13.2 Å². The summed E-state index contributed by atoms with van der Waals surface area (Å²) in [6.45, 7) is 0. The zero-order chi connectivity index (χ0) is 18.6. The molecule has 1 aromatic heterocycles. The van der Waals surface area contributed by atoms with E-state index < -0.39 is 18.1 Å². The first kappa shape index (κ1) is 18.5. The molecule has 0 unspecified atom stereocenters. The molecule has 1 heterocycles. The van der Waals surface area contributed by atoms with Crippen LogP contribution >= 0.6 is 0 Å². The third kappa shape index (κ3) is 4.86. The Morgan fingerprint density at radius 2 is 2.00 bits per heavy atom. The number of carbonyl (C=O) groups is 1. The SMILES string of the molecule is O=C(CCc1ncc(-c2ccccc2)o1)N[C@@H]1CCC[C@@H](C(F)(F)F)C1. The van der Waals surface area contributed by atoms with E-state index >= 15 is 0 Å². The molecule has 3 rings (SSSR count). The van der Waals surface area contributed by atoms with Crippen LogP contribution in [0, 0.1) is 5.92 Å². The molecule has 1 aliphatic carbocycles. The number of rotatable bonds is 5. The largest absolute Gasteiger partial charge is 0.441 e. The van der Waals surface area contributed by atoms with E-state index in [9.17, 15) is 18.0 Å². The smallest absolute Gasteiger partial charge is 0.391 e. The van der Waals surface area contributed by atoms with Gasteiger partial charge < -0.3 is 9.73 Å². The van der Waals surface area contributed by atoms with Crippen molar-refractivity contribution < 1.29 is 22.4 Å². The van der Waals surface area contributed by atoms with Crippen molar-refractivity contribution in [2.24, 2.45) is 5.92 Å². The first-order valence-electron chi connectivity index (χ1n) is 8.78. The topological polar surface area (TPSA) is 55.1 Å². The van der Waals surface area contributed by atoms with E-state index in [0.29, 0.717) is 30.9 Å². The van der Waals surface area contributed by atoms with Gasteiger partial charge in [0.1, 0.15) is 0 Å². The van der Waals surface area contributed by atoms with E-state index in [1.54, 1.807) is 6.20 Å². The number of amides is 1. The van der Waals surface area contributed by atoms with Crippen LogP contribution in [-0.4, -0.2) is 23.1 Å². The number of aryl methyl sites for hydroxylation is 1. The lowest BCUT2D eigenvalue weighted by molar-refractivity contribution is -0.184. The summed E-state index contributed by atoms with van der Waals surface area (Å²) in [6.07, 6.45) is -0.936. The summed E-state index contributed by atoms with van der Waals surface area (Å²) in [6, 6.07) is 9.08. The molecule has 4 nitrogen and oxygen atoms in total. The highest BCUT2D eigenvalue weighted by atomic mass is 19.4. The lowest BCUT2D eigenvalue weighted by Crippen LogP contribution is -2.41. The summed E-state index contributed by atoms with van der Waals surface area (Å²) in [7, 11) is 0. The third-order valence-corrected chi connectivity index (χ3v) is 4.68. The maximum atomic E-state index is 12.8. The van der Waals surface area contributed by atoms with Crippen LogP contribution in [0.4, 0.5) is 13.2 Å². The molecule has 0 radical (unpaired) electrons. The molecule has 1 N–H and O–H groups in total. The van der Waals surface area contributed by atoms with Crippen LogP contribution in [0.15, 0.2) is 40.9 Å². The van der Waals surface area contributed by atoms with Crippen molar-refractivity contribution in [1.82, 2.24) is 10.3 Å². The van der Waals surface area contributed by atoms with Gasteiger partial charge in [-0.25, -0.2) is 4.98 Å². The molecule has 2 atom stereocenters. The molecule has 26 heavy (non-hydrogen) atoms. The van der Waals surface area contributed by atoms with Gasteiger partial charge in [0.25, 0.3) is 0 Å². The molecule has 1 aliphatic rings. The van der Waals surface area contributed by atoms with E-state index in [-0.39, 0.29) is 25.2 Å². The second-order valence-electron chi connectivity index (χ2n) is 6.65. The number of nitrogens with zero attached hydrogens (tertiary/aromatic N) is 1. The molecule has 0 bridgehead atoms. The Bertz CT molecular complexity index is 728. The Morgan fingerprint density at radius 3 is 2.73 bits per heavy atom. The van der Waals surface area contributed by atoms with Gasteiger partial charge in [-0.15, -0.1) is 0 Å². The van der Waals surface area contributed by atoms with Gasteiger partial charge in [0, 0.05) is 24.4 Å². The summed E-state index contributed by atoms with van der Waals surface area (Å²) < 4.78 is 44.1. The molecule has 1 fully saturated rings. The second kappa shape index (κ2) is 7.93. The van der Waals surface area contributed by atoms with Crippen LogP contribution in [-0.2, 0) is 11.2 Å². The van der Waals surface area contributed by atoms with Gasteiger partial charge in [0.15, 0.2) is 11.7 Å². The number of carbonyl (C=O) groups excluding carboxylic acids is 1. The monoisotopic (exact) mass is 366 g/mol. The van der Waals surface area contributed by atoms with Crippen LogP contribution in [0.5, 0.6) is 0 Å². The lowest BCUT2D eigenvalue weighted by Gasteiger charge is -2.31. The minimum atomic E-state index is -4.19. The van der Waals surface area contributed by atoms with Crippen LogP contribution in [0.25, 0.3) is 11.3 Å². The van der Waals surface area contributed by atoms with Gasteiger partial charge in [0.05, 0.1) is 12.1 Å². The molecule has 0 aliphatic heterocycles. The van der Waals surface area contributed by atoms with E-state index in [4.69, 9.17) is 4.42 Å². The predicted octanol–water partition coefficient (Wildman–Crippen LogP) is 4.51. The highest BCUT2D eigenvalue weighted by Crippen LogP contribution is 2.37. The number of halogens is 3. The Kier molecular flexibility index (Phi) is 5.64. The van der Waals surface area contributed by atoms with Gasteiger partial charge >= 0.3 is 6.18 Å². The first-order valence-corrected chi connectivity index (χ1v) is 8.78. The number of alkyl halides is 3. The summed E-state index contributed by atoms with van der Waals surface area (Å²) in [5, 5.41) is 2.72. The normalized spacial score (nSPS) is 20.7. The first-order chi connectivity index (χ1) is 12.4. The summed E-state index contributed by atoms with van der Waals surface area (Å²) in [5.74, 6) is -0.517. The van der Waals surface area contributed by atoms with Crippen LogP contribution in [0.3, 0.4) is 0 Å². The van der Waals surface area contributed by atoms with Crippen molar-refractivity contribution in [2.75, 3.05) is 0 Å². The molecule has 1 saturated carbocycles. The van der Waals surface area contributed by atoms with Crippen LogP contribution in [0.1, 0.15) is 38.0 Å². The van der Waals surface area contributed by atoms with Crippen LogP contribution in [0.2, 0.25) is 0 Å². The quantitative estimate of drug-likeness (QED) is 0.847. The number of benzene rings is 1. The van der Waals surface area contributed by atoms with Crippen molar-refractivity contribution >= 4 is 5.91 Å². The van der Waals surface area contributed by atoms with Gasteiger partial charge in [-0.3, -0.25) is 4.79 Å². The third-order valence-electron chi connectivity index (χ3n) is 4.68. The molecular formula is C19H21F3N2O2. The van der Waals surface area contributed by atoms with E-state index in [2.05, 4.69) is 10.3 Å². The molecule has 0 spiro atoms. The fourth-order valence-electron chi connectivity index (χ4n) is 3.30. The van der Waals surface area contributed by atoms with E-state index in [1.807, 2.05) is 30.3 Å². The summed E-state index contributed by atoms with van der Waals surface area (Å²) in [5.41, 5.74) is 0.899. The summed E-state index contributed by atoms with van der Waals surface area (Å²) in [4.78, 5) is 16.2. The Labute approximate surface area is 149 Å². The minimum Gasteiger partial charge on any atom is -0.441 e. The predicted molar refractivity (Wildman–Crippen MR) is 90.2 cm³/mol. The van der Waals surface area contributed by atoms with E-state index in [0.717, 1.165) is 5.56 Å². The highest BCUT2D eigenvalue weighted by Gasteiger charge is 2.42. The maximum absolute atomic E-state index is 12.8. The molecule has 1 aromatic carbocycles.